The summed E-state index contributed by atoms with van der Waals surface area (Å²) < 4.78 is 5.90. The number of hydrogen-bond donors (Lipinski definition) is 2. The maximum Gasteiger partial charge on any atom is 0.262 e. The van der Waals surface area contributed by atoms with Crippen LogP contribution in [0.3, 0.4) is 0 Å². The lowest BCUT2D eigenvalue weighted by atomic mass is 10.1. The van der Waals surface area contributed by atoms with Gasteiger partial charge in [0.1, 0.15) is 11.6 Å². The number of halogens is 1. The van der Waals surface area contributed by atoms with E-state index in [1.165, 1.54) is 0 Å². The van der Waals surface area contributed by atoms with Gasteiger partial charge in [-0.15, -0.1) is 0 Å². The number of rotatable bonds is 5. The third-order valence-corrected chi connectivity index (χ3v) is 5.00. The van der Waals surface area contributed by atoms with Crippen LogP contribution < -0.4 is 20.5 Å². The molecule has 0 radical (unpaired) electrons. The van der Waals surface area contributed by atoms with Crippen LogP contribution in [0, 0.1) is 0 Å². The van der Waals surface area contributed by atoms with Gasteiger partial charge in [-0.25, -0.2) is 4.98 Å². The minimum atomic E-state index is -0.641. The van der Waals surface area contributed by atoms with Gasteiger partial charge in [-0.3, -0.25) is 9.59 Å². The normalized spacial score (nSPS) is 15.7. The zero-order chi connectivity index (χ0) is 20.4. The largest absolute Gasteiger partial charge is 0.477 e. The van der Waals surface area contributed by atoms with Crippen molar-refractivity contribution in [1.82, 2.24) is 15.3 Å². The average Bonchev–Trinajstić information content (AvgIpc) is 2.71. The Kier molecular flexibility index (Phi) is 5.40. The van der Waals surface area contributed by atoms with Gasteiger partial charge in [0.25, 0.3) is 11.5 Å². The molecular formula is C21H21ClN4O3. The maximum absolute atomic E-state index is 12.5. The second kappa shape index (κ2) is 8.13. The van der Waals surface area contributed by atoms with Crippen molar-refractivity contribution >= 4 is 34.1 Å². The predicted molar refractivity (Wildman–Crippen MR) is 113 cm³/mol. The molecule has 1 aliphatic heterocycles. The molecule has 0 bridgehead atoms. The first kappa shape index (κ1) is 19.3. The van der Waals surface area contributed by atoms with Crippen molar-refractivity contribution in [1.29, 1.82) is 0 Å². The number of hydrogen-bond acceptors (Lipinski definition) is 5. The fraction of sp³-hybridized carbons (Fsp3) is 0.286. The van der Waals surface area contributed by atoms with Gasteiger partial charge >= 0.3 is 0 Å². The molecule has 2 heterocycles. The Labute approximate surface area is 172 Å². The SMILES string of the molecule is CCCNC(=O)[C@H]1CN(Cc2nc3cc(Cl)ccc3c(=O)[nH]2)c2ccccc2O1. The summed E-state index contributed by atoms with van der Waals surface area (Å²) in [5.74, 6) is 0.967. The first-order chi connectivity index (χ1) is 14.0. The lowest BCUT2D eigenvalue weighted by Crippen LogP contribution is -2.49. The molecule has 8 heteroatoms. The van der Waals surface area contributed by atoms with Crippen LogP contribution in [0.1, 0.15) is 19.2 Å². The van der Waals surface area contributed by atoms with E-state index in [2.05, 4.69) is 15.3 Å². The zero-order valence-electron chi connectivity index (χ0n) is 15.9. The molecule has 1 aromatic heterocycles. The summed E-state index contributed by atoms with van der Waals surface area (Å²) in [6.07, 6.45) is 0.210. The molecule has 0 saturated carbocycles. The van der Waals surface area contributed by atoms with Gasteiger partial charge in [0.05, 0.1) is 29.7 Å². The molecule has 0 fully saturated rings. The molecule has 0 spiro atoms. The predicted octanol–water partition coefficient (Wildman–Crippen LogP) is 2.87. The van der Waals surface area contributed by atoms with Gasteiger partial charge in [-0.1, -0.05) is 30.7 Å². The maximum atomic E-state index is 12.5. The third-order valence-electron chi connectivity index (χ3n) is 4.76. The highest BCUT2D eigenvalue weighted by atomic mass is 35.5. The van der Waals surface area contributed by atoms with E-state index >= 15 is 0 Å². The van der Waals surface area contributed by atoms with Crippen LogP contribution in [0.25, 0.3) is 10.9 Å². The number of H-pyrrole nitrogens is 1. The van der Waals surface area contributed by atoms with Crippen molar-refractivity contribution in [3.63, 3.8) is 0 Å². The molecule has 0 saturated heterocycles. The van der Waals surface area contributed by atoms with Crippen molar-refractivity contribution < 1.29 is 9.53 Å². The van der Waals surface area contributed by atoms with Gasteiger partial charge in [0.15, 0.2) is 6.10 Å². The summed E-state index contributed by atoms with van der Waals surface area (Å²) in [7, 11) is 0. The van der Waals surface area contributed by atoms with E-state index in [0.29, 0.717) is 47.1 Å². The molecular weight excluding hydrogens is 392 g/mol. The Balaban J connectivity index is 1.65. The van der Waals surface area contributed by atoms with Crippen LogP contribution in [-0.2, 0) is 11.3 Å². The summed E-state index contributed by atoms with van der Waals surface area (Å²) in [6.45, 7) is 3.28. The highest BCUT2D eigenvalue weighted by Gasteiger charge is 2.30. The monoisotopic (exact) mass is 412 g/mol. The number of aromatic amines is 1. The Bertz CT molecular complexity index is 1110. The average molecular weight is 413 g/mol. The molecule has 4 rings (SSSR count). The van der Waals surface area contributed by atoms with Crippen LogP contribution in [0.4, 0.5) is 5.69 Å². The van der Waals surface area contributed by atoms with Crippen LogP contribution in [0.5, 0.6) is 5.75 Å². The van der Waals surface area contributed by atoms with Crippen molar-refractivity contribution in [3.05, 3.63) is 63.7 Å². The Morgan fingerprint density at radius 3 is 3.00 bits per heavy atom. The number of carbonyl (C=O) groups is 1. The lowest BCUT2D eigenvalue weighted by molar-refractivity contribution is -0.127. The standard InChI is InChI=1S/C21H21ClN4O3/c1-2-9-23-21(28)18-11-26(16-5-3-4-6-17(16)29-18)12-19-24-15-10-13(22)7-8-14(15)20(27)25-19/h3-8,10,18H,2,9,11-12H2,1H3,(H,23,28)(H,24,25,27)/t18-/m1/s1. The summed E-state index contributed by atoms with van der Waals surface area (Å²) >= 11 is 6.05. The van der Waals surface area contributed by atoms with E-state index < -0.39 is 6.10 Å². The van der Waals surface area contributed by atoms with Crippen molar-refractivity contribution in [2.75, 3.05) is 18.0 Å². The molecule has 0 unspecified atom stereocenters. The minimum absolute atomic E-state index is 0.155. The summed E-state index contributed by atoms with van der Waals surface area (Å²) in [4.78, 5) is 34.3. The van der Waals surface area contributed by atoms with Gasteiger partial charge in [0, 0.05) is 11.6 Å². The molecule has 2 N–H and O–H groups in total. The fourth-order valence-corrected chi connectivity index (χ4v) is 3.54. The number of benzene rings is 2. The molecule has 1 atom stereocenters. The van der Waals surface area contributed by atoms with Gasteiger partial charge in [-0.05, 0) is 36.8 Å². The van der Waals surface area contributed by atoms with Crippen LogP contribution in [0.15, 0.2) is 47.3 Å². The van der Waals surface area contributed by atoms with Crippen molar-refractivity contribution in [3.8, 4) is 5.75 Å². The topological polar surface area (TPSA) is 87.3 Å². The van der Waals surface area contributed by atoms with E-state index in [9.17, 15) is 9.59 Å². The summed E-state index contributed by atoms with van der Waals surface area (Å²) in [5.41, 5.74) is 1.16. The first-order valence-corrected chi connectivity index (χ1v) is 9.89. The number of amides is 1. The number of ether oxygens (including phenoxy) is 1. The molecule has 0 aliphatic carbocycles. The van der Waals surface area contributed by atoms with E-state index in [1.54, 1.807) is 18.2 Å². The van der Waals surface area contributed by atoms with Crippen molar-refractivity contribution in [2.45, 2.75) is 26.0 Å². The highest BCUT2D eigenvalue weighted by Crippen LogP contribution is 2.33. The molecule has 29 heavy (non-hydrogen) atoms. The lowest BCUT2D eigenvalue weighted by Gasteiger charge is -2.35. The number of anilines is 1. The second-order valence-corrected chi connectivity index (χ2v) is 7.36. The van der Waals surface area contributed by atoms with E-state index in [1.807, 2.05) is 36.1 Å². The molecule has 2 aromatic carbocycles. The number of carbonyl (C=O) groups excluding carboxylic acids is 1. The Hall–Kier alpha value is -3.06. The minimum Gasteiger partial charge on any atom is -0.477 e. The molecule has 3 aromatic rings. The number of fused-ring (bicyclic) bond motifs is 2. The van der Waals surface area contributed by atoms with E-state index in [0.717, 1.165) is 12.1 Å². The van der Waals surface area contributed by atoms with Crippen LogP contribution in [-0.4, -0.2) is 35.1 Å². The molecule has 1 aliphatic rings. The molecule has 150 valence electrons. The van der Waals surface area contributed by atoms with Gasteiger partial charge < -0.3 is 19.9 Å². The van der Waals surface area contributed by atoms with E-state index in [-0.39, 0.29) is 11.5 Å². The Morgan fingerprint density at radius 2 is 2.17 bits per heavy atom. The first-order valence-electron chi connectivity index (χ1n) is 9.52. The summed E-state index contributed by atoms with van der Waals surface area (Å²) in [6, 6.07) is 12.5. The second-order valence-electron chi connectivity index (χ2n) is 6.92. The number of aromatic nitrogens is 2. The van der Waals surface area contributed by atoms with Gasteiger partial charge in [0.2, 0.25) is 0 Å². The zero-order valence-corrected chi connectivity index (χ0v) is 16.7. The quantitative estimate of drug-likeness (QED) is 0.672. The van der Waals surface area contributed by atoms with Crippen LogP contribution >= 0.6 is 11.6 Å². The number of para-hydroxylation sites is 2. The van der Waals surface area contributed by atoms with Crippen molar-refractivity contribution in [2.24, 2.45) is 0 Å². The number of nitrogens with zero attached hydrogens (tertiary/aromatic N) is 2. The Morgan fingerprint density at radius 1 is 1.34 bits per heavy atom. The highest BCUT2D eigenvalue weighted by molar-refractivity contribution is 6.31. The van der Waals surface area contributed by atoms with Crippen LogP contribution in [0.2, 0.25) is 5.02 Å². The molecule has 1 amide bonds. The smallest absolute Gasteiger partial charge is 0.262 e. The van der Waals surface area contributed by atoms with E-state index in [4.69, 9.17) is 16.3 Å². The number of nitrogens with one attached hydrogen (secondary N) is 2. The van der Waals surface area contributed by atoms with Gasteiger partial charge in [-0.2, -0.15) is 0 Å². The fourth-order valence-electron chi connectivity index (χ4n) is 3.37. The molecule has 7 nitrogen and oxygen atoms in total. The third kappa shape index (κ3) is 4.05. The summed E-state index contributed by atoms with van der Waals surface area (Å²) in [5, 5.41) is 3.88.